The molecule has 3 rings (SSSR count). The van der Waals surface area contributed by atoms with Crippen molar-refractivity contribution in [1.29, 1.82) is 0 Å². The maximum absolute atomic E-state index is 11.5. The minimum Gasteiger partial charge on any atom is -0.492 e. The van der Waals surface area contributed by atoms with Crippen LogP contribution in [0.4, 0.5) is 0 Å². The molecule has 0 spiro atoms. The summed E-state index contributed by atoms with van der Waals surface area (Å²) in [6, 6.07) is 7.12. The zero-order chi connectivity index (χ0) is 18.6. The number of ether oxygens (including phenoxy) is 1. The summed E-state index contributed by atoms with van der Waals surface area (Å²) < 4.78 is 34.2. The molecule has 1 atom stereocenters. The van der Waals surface area contributed by atoms with Gasteiger partial charge in [0.1, 0.15) is 5.75 Å². The van der Waals surface area contributed by atoms with Crippen LogP contribution in [-0.2, 0) is 16.3 Å². The van der Waals surface area contributed by atoms with Gasteiger partial charge in [-0.3, -0.25) is 4.79 Å². The Kier molecular flexibility index (Phi) is 5.98. The second-order valence-electron chi connectivity index (χ2n) is 6.18. The average molecular weight is 396 g/mol. The largest absolute Gasteiger partial charge is 0.492 e. The van der Waals surface area contributed by atoms with E-state index in [4.69, 9.17) is 9.15 Å². The third kappa shape index (κ3) is 5.07. The van der Waals surface area contributed by atoms with Crippen LogP contribution in [0.3, 0.4) is 0 Å². The molecular weight excluding hydrogens is 376 g/mol. The molecule has 26 heavy (non-hydrogen) atoms. The van der Waals surface area contributed by atoms with E-state index in [1.165, 1.54) is 18.7 Å². The Hall–Kier alpha value is -1.87. The normalized spacial score (nSPS) is 18.7. The number of rotatable bonds is 8. The number of para-hydroxylation sites is 1. The third-order valence-corrected chi connectivity index (χ3v) is 6.69. The number of thioether (sulfide) groups is 1. The first-order chi connectivity index (χ1) is 12.4. The van der Waals surface area contributed by atoms with E-state index in [2.05, 4.69) is 10.2 Å². The molecule has 1 aromatic heterocycles. The highest BCUT2D eigenvalue weighted by molar-refractivity contribution is 7.99. The van der Waals surface area contributed by atoms with Gasteiger partial charge in [0.05, 0.1) is 23.7 Å². The van der Waals surface area contributed by atoms with Gasteiger partial charge >= 0.3 is 0 Å². The quantitative estimate of drug-likeness (QED) is 0.381. The Morgan fingerprint density at radius 1 is 1.35 bits per heavy atom. The van der Waals surface area contributed by atoms with Crippen LogP contribution in [0.25, 0.3) is 0 Å². The number of sulfone groups is 1. The lowest BCUT2D eigenvalue weighted by Crippen LogP contribution is -2.07. The first-order valence-corrected chi connectivity index (χ1v) is 11.1. The van der Waals surface area contributed by atoms with Crippen molar-refractivity contribution in [1.82, 2.24) is 10.2 Å². The van der Waals surface area contributed by atoms with Crippen molar-refractivity contribution in [3.8, 4) is 5.75 Å². The van der Waals surface area contributed by atoms with Gasteiger partial charge in [-0.1, -0.05) is 23.9 Å². The minimum absolute atomic E-state index is 0.0382. The molecular formula is C17H20N2O5S2. The molecule has 1 saturated heterocycles. The van der Waals surface area contributed by atoms with E-state index in [0.717, 1.165) is 0 Å². The van der Waals surface area contributed by atoms with Gasteiger partial charge in [-0.25, -0.2) is 8.42 Å². The predicted octanol–water partition coefficient (Wildman–Crippen LogP) is 2.42. The van der Waals surface area contributed by atoms with E-state index < -0.39 is 9.84 Å². The Balaban J connectivity index is 1.45. The fourth-order valence-electron chi connectivity index (χ4n) is 2.82. The number of hydrogen-bond acceptors (Lipinski definition) is 8. The minimum atomic E-state index is -2.90. The van der Waals surface area contributed by atoms with Crippen LogP contribution in [0.2, 0.25) is 0 Å². The average Bonchev–Trinajstić information content (AvgIpc) is 3.18. The molecule has 7 nitrogen and oxygen atoms in total. The van der Waals surface area contributed by atoms with Crippen LogP contribution in [0.15, 0.2) is 33.9 Å². The van der Waals surface area contributed by atoms with Gasteiger partial charge in [0.25, 0.3) is 5.22 Å². The third-order valence-electron chi connectivity index (χ3n) is 4.07. The number of carbonyl (C=O) groups is 1. The molecule has 0 amide bonds. The summed E-state index contributed by atoms with van der Waals surface area (Å²) in [5.74, 6) is 2.08. The van der Waals surface area contributed by atoms with Crippen molar-refractivity contribution in [3.05, 3.63) is 35.7 Å². The SMILES string of the molecule is CC(=O)c1ccccc1OCCSc1nnc(C[C@@H]2CCS(=O)(=O)C2)o1. The summed E-state index contributed by atoms with van der Waals surface area (Å²) in [4.78, 5) is 11.5. The number of benzene rings is 1. The fourth-order valence-corrected chi connectivity index (χ4v) is 5.28. The standard InChI is InChI=1S/C17H20N2O5S2/c1-12(20)14-4-2-3-5-15(14)23-7-8-25-17-19-18-16(24-17)10-13-6-9-26(21,22)11-13/h2-5,13H,6-11H2,1H3/t13-/m0/s1. The van der Waals surface area contributed by atoms with E-state index in [0.29, 0.717) is 47.6 Å². The predicted molar refractivity (Wildman–Crippen MR) is 97.4 cm³/mol. The highest BCUT2D eigenvalue weighted by Gasteiger charge is 2.29. The van der Waals surface area contributed by atoms with Crippen molar-refractivity contribution >= 4 is 27.4 Å². The van der Waals surface area contributed by atoms with E-state index in [9.17, 15) is 13.2 Å². The summed E-state index contributed by atoms with van der Waals surface area (Å²) >= 11 is 1.36. The van der Waals surface area contributed by atoms with E-state index in [1.807, 2.05) is 6.07 Å². The smallest absolute Gasteiger partial charge is 0.276 e. The topological polar surface area (TPSA) is 99.4 Å². The molecule has 0 N–H and O–H groups in total. The summed E-state index contributed by atoms with van der Waals surface area (Å²) in [5.41, 5.74) is 0.559. The van der Waals surface area contributed by atoms with Crippen molar-refractivity contribution < 1.29 is 22.4 Å². The van der Waals surface area contributed by atoms with Crippen LogP contribution >= 0.6 is 11.8 Å². The maximum Gasteiger partial charge on any atom is 0.276 e. The van der Waals surface area contributed by atoms with E-state index >= 15 is 0 Å². The molecule has 140 valence electrons. The van der Waals surface area contributed by atoms with Crippen LogP contribution in [0.5, 0.6) is 5.75 Å². The van der Waals surface area contributed by atoms with Gasteiger partial charge in [-0.2, -0.15) is 0 Å². The van der Waals surface area contributed by atoms with Crippen molar-refractivity contribution in [3.63, 3.8) is 0 Å². The molecule has 1 fully saturated rings. The maximum atomic E-state index is 11.5. The molecule has 1 aliphatic rings. The highest BCUT2D eigenvalue weighted by Crippen LogP contribution is 2.24. The first-order valence-electron chi connectivity index (χ1n) is 8.31. The zero-order valence-corrected chi connectivity index (χ0v) is 16.0. The van der Waals surface area contributed by atoms with Crippen molar-refractivity contribution in [2.24, 2.45) is 5.92 Å². The number of hydrogen-bond donors (Lipinski definition) is 0. The van der Waals surface area contributed by atoms with E-state index in [-0.39, 0.29) is 23.2 Å². The van der Waals surface area contributed by atoms with Gasteiger partial charge in [0.15, 0.2) is 15.6 Å². The number of ketones is 1. The Morgan fingerprint density at radius 2 is 2.15 bits per heavy atom. The molecule has 0 aliphatic carbocycles. The Bertz CT molecular complexity index is 879. The first kappa shape index (κ1) is 18.9. The molecule has 1 aliphatic heterocycles. The van der Waals surface area contributed by atoms with Crippen LogP contribution in [-0.4, -0.2) is 48.3 Å². The lowest BCUT2D eigenvalue weighted by Gasteiger charge is -2.08. The molecule has 2 aromatic rings. The molecule has 1 aromatic carbocycles. The second kappa shape index (κ2) is 8.22. The molecule has 0 saturated carbocycles. The zero-order valence-electron chi connectivity index (χ0n) is 14.4. The molecule has 0 radical (unpaired) electrons. The molecule has 0 unspecified atom stereocenters. The van der Waals surface area contributed by atoms with Crippen molar-refractivity contribution in [2.75, 3.05) is 23.9 Å². The van der Waals surface area contributed by atoms with Gasteiger partial charge in [0.2, 0.25) is 5.89 Å². The number of nitrogens with zero attached hydrogens (tertiary/aromatic N) is 2. The second-order valence-corrected chi connectivity index (χ2v) is 9.46. The van der Waals surface area contributed by atoms with Gasteiger partial charge in [-0.05, 0) is 31.4 Å². The van der Waals surface area contributed by atoms with E-state index in [1.54, 1.807) is 18.2 Å². The number of Topliss-reactive ketones (excluding diaryl/α,β-unsaturated/α-hetero) is 1. The lowest BCUT2D eigenvalue weighted by atomic mass is 10.1. The fraction of sp³-hybridized carbons (Fsp3) is 0.471. The van der Waals surface area contributed by atoms with Crippen LogP contribution < -0.4 is 4.74 Å². The molecule has 9 heteroatoms. The van der Waals surface area contributed by atoms with Crippen LogP contribution in [0.1, 0.15) is 29.6 Å². The van der Waals surface area contributed by atoms with Gasteiger partial charge in [0, 0.05) is 12.2 Å². The molecule has 0 bridgehead atoms. The summed E-state index contributed by atoms with van der Waals surface area (Å²) in [6.07, 6.45) is 1.14. The molecule has 2 heterocycles. The monoisotopic (exact) mass is 396 g/mol. The van der Waals surface area contributed by atoms with Crippen molar-refractivity contribution in [2.45, 2.75) is 25.0 Å². The lowest BCUT2D eigenvalue weighted by molar-refractivity contribution is 0.101. The van der Waals surface area contributed by atoms with Crippen LogP contribution in [0, 0.1) is 5.92 Å². The Morgan fingerprint density at radius 3 is 2.88 bits per heavy atom. The highest BCUT2D eigenvalue weighted by atomic mass is 32.2. The summed E-state index contributed by atoms with van der Waals surface area (Å²) in [6.45, 7) is 1.90. The Labute approximate surface area is 156 Å². The summed E-state index contributed by atoms with van der Waals surface area (Å²) in [5, 5.41) is 8.39. The summed E-state index contributed by atoms with van der Waals surface area (Å²) in [7, 11) is -2.90. The number of carbonyl (C=O) groups excluding carboxylic acids is 1. The van der Waals surface area contributed by atoms with Gasteiger partial charge in [-0.15, -0.1) is 10.2 Å². The van der Waals surface area contributed by atoms with Gasteiger partial charge < -0.3 is 9.15 Å². The number of aromatic nitrogens is 2.